The zero-order valence-electron chi connectivity index (χ0n) is 12.7. The molecule has 0 spiro atoms. The molecule has 1 aliphatic heterocycles. The maximum absolute atomic E-state index is 12.7. The second kappa shape index (κ2) is 5.36. The number of nitrogens with zero attached hydrogens (tertiary/aromatic N) is 3. The largest absolute Gasteiger partial charge is 0.271 e. The van der Waals surface area contributed by atoms with E-state index in [1.54, 1.807) is 25.6 Å². The molecule has 21 heavy (non-hydrogen) atoms. The molecule has 1 aromatic heterocycles. The van der Waals surface area contributed by atoms with Gasteiger partial charge in [0.2, 0.25) is 10.0 Å². The Morgan fingerprint density at radius 1 is 1.10 bits per heavy atom. The number of sulfonamides is 1. The molecule has 0 aliphatic carbocycles. The Balaban J connectivity index is 2.27. The van der Waals surface area contributed by atoms with Crippen LogP contribution in [0.5, 0.6) is 0 Å². The number of aryl methyl sites for hydroxylation is 2. The Bertz CT molecular complexity index is 742. The number of aromatic nitrogens is 2. The lowest BCUT2D eigenvalue weighted by Crippen LogP contribution is -2.42. The van der Waals surface area contributed by atoms with Crippen molar-refractivity contribution >= 4 is 19.9 Å². The highest BCUT2D eigenvalue weighted by atomic mass is 32.2. The summed E-state index contributed by atoms with van der Waals surface area (Å²) in [6.45, 7) is 3.85. The average Bonchev–Trinajstić information content (AvgIpc) is 2.62. The van der Waals surface area contributed by atoms with E-state index < -0.39 is 25.1 Å². The molecule has 0 bridgehead atoms. The van der Waals surface area contributed by atoms with E-state index in [9.17, 15) is 16.8 Å². The van der Waals surface area contributed by atoms with E-state index in [0.717, 1.165) is 0 Å². The molecule has 0 radical (unpaired) electrons. The Labute approximate surface area is 125 Å². The average molecular weight is 335 g/mol. The minimum Gasteiger partial charge on any atom is -0.271 e. The fraction of sp³-hybridized carbons (Fsp3) is 0.750. The van der Waals surface area contributed by atoms with E-state index in [-0.39, 0.29) is 18.0 Å². The summed E-state index contributed by atoms with van der Waals surface area (Å²) in [6.07, 6.45) is 1.89. The second-order valence-electron chi connectivity index (χ2n) is 5.56. The van der Waals surface area contributed by atoms with Crippen molar-refractivity contribution in [3.05, 3.63) is 11.4 Å². The lowest BCUT2D eigenvalue weighted by atomic mass is 10.2. The SMILES string of the molecule is Cc1nn(C)c(C)c1S(=O)(=O)N1CCC(S(C)(=O)=O)CC1. The van der Waals surface area contributed by atoms with Gasteiger partial charge in [0.1, 0.15) is 14.7 Å². The Kier molecular flexibility index (Phi) is 4.20. The van der Waals surface area contributed by atoms with Gasteiger partial charge in [0, 0.05) is 26.4 Å². The van der Waals surface area contributed by atoms with Crippen LogP contribution in [-0.4, -0.2) is 55.5 Å². The Morgan fingerprint density at radius 3 is 2.00 bits per heavy atom. The van der Waals surface area contributed by atoms with Gasteiger partial charge in [-0.15, -0.1) is 0 Å². The molecular formula is C12H21N3O4S2. The molecule has 1 fully saturated rings. The van der Waals surface area contributed by atoms with Crippen molar-refractivity contribution in [2.45, 2.75) is 36.8 Å². The Hall–Kier alpha value is -0.930. The van der Waals surface area contributed by atoms with E-state index in [1.807, 2.05) is 0 Å². The molecule has 2 rings (SSSR count). The van der Waals surface area contributed by atoms with Gasteiger partial charge in [-0.3, -0.25) is 4.68 Å². The highest BCUT2D eigenvalue weighted by molar-refractivity contribution is 7.91. The van der Waals surface area contributed by atoms with Crippen molar-refractivity contribution in [1.82, 2.24) is 14.1 Å². The number of piperidine rings is 1. The molecule has 0 N–H and O–H groups in total. The van der Waals surface area contributed by atoms with E-state index in [0.29, 0.717) is 24.2 Å². The summed E-state index contributed by atoms with van der Waals surface area (Å²) in [7, 11) is -5.02. The highest BCUT2D eigenvalue weighted by Gasteiger charge is 2.35. The van der Waals surface area contributed by atoms with Crippen molar-refractivity contribution < 1.29 is 16.8 Å². The first-order chi connectivity index (χ1) is 9.55. The standard InChI is InChI=1S/C12H21N3O4S2/c1-9-12(10(2)14(3)13-9)21(18,19)15-7-5-11(6-8-15)20(4,16)17/h11H,5-8H2,1-4H3. The maximum Gasteiger partial charge on any atom is 0.246 e. The molecule has 0 aromatic carbocycles. The minimum absolute atomic E-state index is 0.230. The van der Waals surface area contributed by atoms with Crippen LogP contribution in [0.3, 0.4) is 0 Å². The summed E-state index contributed by atoms with van der Waals surface area (Å²) < 4.78 is 51.4. The summed E-state index contributed by atoms with van der Waals surface area (Å²) in [5.41, 5.74) is 1.07. The number of hydrogen-bond donors (Lipinski definition) is 0. The maximum atomic E-state index is 12.7. The summed E-state index contributed by atoms with van der Waals surface area (Å²) in [4.78, 5) is 0.239. The van der Waals surface area contributed by atoms with Crippen molar-refractivity contribution in [2.24, 2.45) is 7.05 Å². The second-order valence-corrected chi connectivity index (χ2v) is 9.76. The normalized spacial score (nSPS) is 19.0. The topological polar surface area (TPSA) is 89.3 Å². The first kappa shape index (κ1) is 16.4. The summed E-state index contributed by atoms with van der Waals surface area (Å²) in [6, 6.07) is 0. The molecule has 9 heteroatoms. The minimum atomic E-state index is -3.62. The van der Waals surface area contributed by atoms with E-state index in [4.69, 9.17) is 0 Å². The molecule has 0 unspecified atom stereocenters. The van der Waals surface area contributed by atoms with Gasteiger partial charge in [0.15, 0.2) is 0 Å². The van der Waals surface area contributed by atoms with E-state index >= 15 is 0 Å². The van der Waals surface area contributed by atoms with Gasteiger partial charge in [-0.25, -0.2) is 16.8 Å². The third-order valence-corrected chi connectivity index (χ3v) is 7.88. The zero-order chi connectivity index (χ0) is 16.0. The lowest BCUT2D eigenvalue weighted by molar-refractivity contribution is 0.346. The summed E-state index contributed by atoms with van der Waals surface area (Å²) in [5.74, 6) is 0. The molecular weight excluding hydrogens is 314 g/mol. The predicted octanol–water partition coefficient (Wildman–Crippen LogP) is 0.235. The molecule has 7 nitrogen and oxygen atoms in total. The van der Waals surface area contributed by atoms with Crippen molar-refractivity contribution in [3.63, 3.8) is 0 Å². The summed E-state index contributed by atoms with van der Waals surface area (Å²) >= 11 is 0. The summed E-state index contributed by atoms with van der Waals surface area (Å²) in [5, 5.41) is 3.70. The third kappa shape index (κ3) is 3.00. The van der Waals surface area contributed by atoms with Gasteiger partial charge in [-0.2, -0.15) is 9.40 Å². The molecule has 2 heterocycles. The van der Waals surface area contributed by atoms with Crippen LogP contribution in [-0.2, 0) is 26.9 Å². The molecule has 1 aromatic rings. The van der Waals surface area contributed by atoms with Gasteiger partial charge in [-0.05, 0) is 26.7 Å². The van der Waals surface area contributed by atoms with Gasteiger partial charge < -0.3 is 0 Å². The van der Waals surface area contributed by atoms with Crippen molar-refractivity contribution in [3.8, 4) is 0 Å². The molecule has 0 atom stereocenters. The predicted molar refractivity (Wildman–Crippen MR) is 79.3 cm³/mol. The lowest BCUT2D eigenvalue weighted by Gasteiger charge is -2.30. The van der Waals surface area contributed by atoms with Gasteiger partial charge in [0.25, 0.3) is 0 Å². The first-order valence-corrected chi connectivity index (χ1v) is 10.1. The number of rotatable bonds is 3. The highest BCUT2D eigenvalue weighted by Crippen LogP contribution is 2.27. The first-order valence-electron chi connectivity index (χ1n) is 6.74. The van der Waals surface area contributed by atoms with Crippen LogP contribution in [0, 0.1) is 13.8 Å². The molecule has 1 saturated heterocycles. The molecule has 1 aliphatic rings. The smallest absolute Gasteiger partial charge is 0.246 e. The number of sulfone groups is 1. The molecule has 0 amide bonds. The van der Waals surface area contributed by atoms with Crippen LogP contribution >= 0.6 is 0 Å². The van der Waals surface area contributed by atoms with Crippen LogP contribution in [0.4, 0.5) is 0 Å². The third-order valence-electron chi connectivity index (χ3n) is 4.05. The van der Waals surface area contributed by atoms with E-state index in [2.05, 4.69) is 5.10 Å². The van der Waals surface area contributed by atoms with Gasteiger partial charge >= 0.3 is 0 Å². The molecule has 120 valence electrons. The van der Waals surface area contributed by atoms with Crippen LogP contribution < -0.4 is 0 Å². The van der Waals surface area contributed by atoms with Gasteiger partial charge in [0.05, 0.1) is 16.6 Å². The monoisotopic (exact) mass is 335 g/mol. The number of hydrogen-bond acceptors (Lipinski definition) is 5. The fourth-order valence-electron chi connectivity index (χ4n) is 2.76. The van der Waals surface area contributed by atoms with Crippen molar-refractivity contribution in [2.75, 3.05) is 19.3 Å². The van der Waals surface area contributed by atoms with Crippen LogP contribution in [0.1, 0.15) is 24.2 Å². The van der Waals surface area contributed by atoms with Crippen molar-refractivity contribution in [1.29, 1.82) is 0 Å². The zero-order valence-corrected chi connectivity index (χ0v) is 14.3. The Morgan fingerprint density at radius 2 is 1.62 bits per heavy atom. The van der Waals surface area contributed by atoms with Crippen LogP contribution in [0.25, 0.3) is 0 Å². The quantitative estimate of drug-likeness (QED) is 0.789. The molecule has 0 saturated carbocycles. The fourth-order valence-corrected chi connectivity index (χ4v) is 5.69. The van der Waals surface area contributed by atoms with E-state index in [1.165, 1.54) is 10.6 Å². The van der Waals surface area contributed by atoms with Crippen LogP contribution in [0.15, 0.2) is 4.90 Å². The van der Waals surface area contributed by atoms with Gasteiger partial charge in [-0.1, -0.05) is 0 Å². The van der Waals surface area contributed by atoms with Crippen LogP contribution in [0.2, 0.25) is 0 Å².